The van der Waals surface area contributed by atoms with Crippen LogP contribution in [0, 0.1) is 5.92 Å². The topological polar surface area (TPSA) is 72.8 Å². The third-order valence-electron chi connectivity index (χ3n) is 5.16. The Balaban J connectivity index is 2.07. The van der Waals surface area contributed by atoms with Crippen LogP contribution in [-0.2, 0) is 25.2 Å². The van der Waals surface area contributed by atoms with Crippen LogP contribution in [0.4, 0.5) is 13.2 Å². The summed E-state index contributed by atoms with van der Waals surface area (Å²) in [5.74, 6) is -1.34. The van der Waals surface area contributed by atoms with Gasteiger partial charge in [0.2, 0.25) is 0 Å². The van der Waals surface area contributed by atoms with Gasteiger partial charge in [-0.05, 0) is 36.6 Å². The van der Waals surface area contributed by atoms with Crippen LogP contribution in [-0.4, -0.2) is 35.9 Å². The lowest BCUT2D eigenvalue weighted by Gasteiger charge is -2.25. The lowest BCUT2D eigenvalue weighted by Crippen LogP contribution is -2.40. The van der Waals surface area contributed by atoms with Gasteiger partial charge >= 0.3 is 18.1 Å². The number of aliphatic hydroxyl groups is 1. The Labute approximate surface area is 173 Å². The zero-order chi connectivity index (χ0) is 22.4. The van der Waals surface area contributed by atoms with Crippen molar-refractivity contribution in [1.82, 2.24) is 0 Å². The molecular weight excluding hydrogens is 401 g/mol. The van der Waals surface area contributed by atoms with Crippen LogP contribution in [0.2, 0.25) is 0 Å². The predicted molar refractivity (Wildman–Crippen MR) is 104 cm³/mol. The molecule has 1 heterocycles. The van der Waals surface area contributed by atoms with Gasteiger partial charge < -0.3 is 14.6 Å². The summed E-state index contributed by atoms with van der Waals surface area (Å²) in [6.07, 6.45) is 0.149. The molecule has 166 valence electrons. The summed E-state index contributed by atoms with van der Waals surface area (Å²) in [5.41, 5.74) is -1.58. The monoisotopic (exact) mass is 428 g/mol. The summed E-state index contributed by atoms with van der Waals surface area (Å²) in [6.45, 7) is 3.11. The van der Waals surface area contributed by atoms with Gasteiger partial charge in [0, 0.05) is 12.0 Å². The van der Waals surface area contributed by atoms with Gasteiger partial charge in [0.25, 0.3) is 0 Å². The molecule has 5 nitrogen and oxygen atoms in total. The van der Waals surface area contributed by atoms with Crippen LogP contribution in [0.15, 0.2) is 29.8 Å². The SMILES string of the molecule is CCCCC(CC)C(=O)OCC1(CO)C/C(=C/c2ccc(C(F)(F)F)cc2)C(=O)O1. The largest absolute Gasteiger partial charge is 0.461 e. The molecule has 0 spiro atoms. The van der Waals surface area contributed by atoms with Crippen molar-refractivity contribution in [3.63, 3.8) is 0 Å². The summed E-state index contributed by atoms with van der Waals surface area (Å²) in [4.78, 5) is 24.5. The Morgan fingerprint density at radius 1 is 1.30 bits per heavy atom. The van der Waals surface area contributed by atoms with Crippen LogP contribution in [0.3, 0.4) is 0 Å². The number of alkyl halides is 3. The molecule has 2 unspecified atom stereocenters. The fraction of sp³-hybridized carbons (Fsp3) is 0.545. The molecule has 0 aromatic heterocycles. The minimum absolute atomic E-state index is 0.0115. The maximum absolute atomic E-state index is 12.7. The Hall–Kier alpha value is -2.35. The molecule has 1 fully saturated rings. The van der Waals surface area contributed by atoms with Gasteiger partial charge in [0.15, 0.2) is 5.60 Å². The first-order chi connectivity index (χ1) is 14.1. The van der Waals surface area contributed by atoms with Gasteiger partial charge in [-0.2, -0.15) is 13.2 Å². The highest BCUT2D eigenvalue weighted by Gasteiger charge is 2.45. The highest BCUT2D eigenvalue weighted by atomic mass is 19.4. The molecule has 30 heavy (non-hydrogen) atoms. The normalized spacial score (nSPS) is 21.5. The molecule has 8 heteroatoms. The van der Waals surface area contributed by atoms with Crippen molar-refractivity contribution < 1.29 is 37.3 Å². The molecule has 0 bridgehead atoms. The molecular formula is C22H27F3O5. The third-order valence-corrected chi connectivity index (χ3v) is 5.16. The molecule has 1 aliphatic heterocycles. The molecule has 1 aromatic carbocycles. The van der Waals surface area contributed by atoms with E-state index in [1.54, 1.807) is 0 Å². The smallest absolute Gasteiger partial charge is 0.416 e. The summed E-state index contributed by atoms with van der Waals surface area (Å²) >= 11 is 0. The minimum Gasteiger partial charge on any atom is -0.461 e. The first kappa shape index (κ1) is 23.9. The fourth-order valence-corrected chi connectivity index (χ4v) is 3.27. The van der Waals surface area contributed by atoms with Gasteiger partial charge in [0.1, 0.15) is 6.61 Å². The molecule has 1 saturated heterocycles. The molecule has 2 rings (SSSR count). The van der Waals surface area contributed by atoms with Crippen LogP contribution >= 0.6 is 0 Å². The molecule has 1 aromatic rings. The Bertz CT molecular complexity index is 770. The minimum atomic E-state index is -4.44. The van der Waals surface area contributed by atoms with E-state index in [0.717, 1.165) is 25.0 Å². The van der Waals surface area contributed by atoms with Crippen LogP contribution in [0.25, 0.3) is 6.08 Å². The van der Waals surface area contributed by atoms with Gasteiger partial charge in [-0.1, -0.05) is 38.8 Å². The number of carbonyl (C=O) groups excluding carboxylic acids is 2. The van der Waals surface area contributed by atoms with Gasteiger partial charge in [-0.25, -0.2) is 4.79 Å². The van der Waals surface area contributed by atoms with Crippen molar-refractivity contribution in [2.75, 3.05) is 13.2 Å². The number of carbonyl (C=O) groups is 2. The standard InChI is InChI=1S/C22H27F3O5/c1-3-5-6-16(4-2)19(27)29-14-21(13-26)12-17(20(28)30-21)11-15-7-9-18(10-8-15)22(23,24)25/h7-11,16,26H,3-6,12-14H2,1-2H3/b17-11-. The van der Waals surface area contributed by atoms with Crippen LogP contribution in [0.1, 0.15) is 57.1 Å². The molecule has 0 radical (unpaired) electrons. The second-order valence-electron chi connectivity index (χ2n) is 7.55. The van der Waals surface area contributed by atoms with Crippen molar-refractivity contribution in [2.45, 2.75) is 57.7 Å². The van der Waals surface area contributed by atoms with Gasteiger partial charge in [-0.15, -0.1) is 0 Å². The number of ether oxygens (including phenoxy) is 2. The fourth-order valence-electron chi connectivity index (χ4n) is 3.27. The highest BCUT2D eigenvalue weighted by molar-refractivity contribution is 5.96. The third kappa shape index (κ3) is 6.08. The maximum Gasteiger partial charge on any atom is 0.416 e. The van der Waals surface area contributed by atoms with E-state index in [2.05, 4.69) is 0 Å². The Morgan fingerprint density at radius 3 is 2.50 bits per heavy atom. The Morgan fingerprint density at radius 2 is 1.97 bits per heavy atom. The summed E-state index contributed by atoms with van der Waals surface area (Å²) in [7, 11) is 0. The number of esters is 2. The molecule has 2 atom stereocenters. The summed E-state index contributed by atoms with van der Waals surface area (Å²) in [6, 6.07) is 4.35. The lowest BCUT2D eigenvalue weighted by molar-refractivity contribution is -0.169. The van der Waals surface area contributed by atoms with E-state index in [0.29, 0.717) is 18.4 Å². The number of hydrogen-bond donors (Lipinski definition) is 1. The van der Waals surface area contributed by atoms with Crippen molar-refractivity contribution in [2.24, 2.45) is 5.92 Å². The average molecular weight is 428 g/mol. The molecule has 1 N–H and O–H groups in total. The second kappa shape index (κ2) is 10.1. The number of hydrogen-bond acceptors (Lipinski definition) is 5. The van der Waals surface area contributed by atoms with E-state index < -0.39 is 35.9 Å². The number of halogens is 3. The summed E-state index contributed by atoms with van der Waals surface area (Å²) in [5, 5.41) is 9.77. The van der Waals surface area contributed by atoms with Crippen molar-refractivity contribution in [3.8, 4) is 0 Å². The quantitative estimate of drug-likeness (QED) is 0.462. The summed E-state index contributed by atoms with van der Waals surface area (Å²) < 4.78 is 48.7. The number of rotatable bonds is 9. The number of cyclic esters (lactones) is 1. The zero-order valence-electron chi connectivity index (χ0n) is 17.1. The maximum atomic E-state index is 12.7. The second-order valence-corrected chi connectivity index (χ2v) is 7.55. The van der Waals surface area contributed by atoms with Gasteiger partial charge in [-0.3, -0.25) is 4.79 Å². The average Bonchev–Trinajstić information content (AvgIpc) is 3.02. The first-order valence-corrected chi connectivity index (χ1v) is 10.0. The lowest BCUT2D eigenvalue weighted by atomic mass is 9.97. The van der Waals surface area contributed by atoms with Crippen LogP contribution in [0.5, 0.6) is 0 Å². The molecule has 1 aliphatic rings. The van der Waals surface area contributed by atoms with E-state index in [4.69, 9.17) is 9.47 Å². The van der Waals surface area contributed by atoms with E-state index in [1.165, 1.54) is 18.2 Å². The zero-order valence-corrected chi connectivity index (χ0v) is 17.1. The highest BCUT2D eigenvalue weighted by Crippen LogP contribution is 2.34. The van der Waals surface area contributed by atoms with E-state index >= 15 is 0 Å². The molecule has 0 aliphatic carbocycles. The van der Waals surface area contributed by atoms with Crippen LogP contribution < -0.4 is 0 Å². The van der Waals surface area contributed by atoms with Gasteiger partial charge in [0.05, 0.1) is 18.1 Å². The molecule has 0 amide bonds. The number of unbranched alkanes of at least 4 members (excludes halogenated alkanes) is 1. The van der Waals surface area contributed by atoms with E-state index in [1.807, 2.05) is 13.8 Å². The Kier molecular flexibility index (Phi) is 8.06. The number of aliphatic hydroxyl groups excluding tert-OH is 1. The van der Waals surface area contributed by atoms with Crippen molar-refractivity contribution in [3.05, 3.63) is 41.0 Å². The first-order valence-electron chi connectivity index (χ1n) is 10.0. The van der Waals surface area contributed by atoms with Crippen molar-refractivity contribution >= 4 is 18.0 Å². The molecule has 0 saturated carbocycles. The van der Waals surface area contributed by atoms with E-state index in [-0.39, 0.29) is 24.5 Å². The number of benzene rings is 1. The predicted octanol–water partition coefficient (Wildman–Crippen LogP) is 4.53. The van der Waals surface area contributed by atoms with E-state index in [9.17, 15) is 27.9 Å². The van der Waals surface area contributed by atoms with Crippen molar-refractivity contribution in [1.29, 1.82) is 0 Å².